The van der Waals surface area contributed by atoms with E-state index in [1.807, 2.05) is 40.7 Å². The molecule has 3 N–H and O–H groups in total. The number of amides is 2. The first-order valence-corrected chi connectivity index (χ1v) is 9.47. The quantitative estimate of drug-likeness (QED) is 0.558. The number of aryl methyl sites for hydroxylation is 2. The van der Waals surface area contributed by atoms with E-state index in [4.69, 9.17) is 4.84 Å². The number of carbonyl (C=O) groups is 2. The summed E-state index contributed by atoms with van der Waals surface area (Å²) < 4.78 is 1.62. The van der Waals surface area contributed by atoms with Crippen molar-refractivity contribution in [3.63, 3.8) is 0 Å². The fourth-order valence-electron chi connectivity index (χ4n) is 3.07. The van der Waals surface area contributed by atoms with Crippen LogP contribution in [0, 0.1) is 13.8 Å². The minimum Gasteiger partial charge on any atom is -0.347 e. The lowest BCUT2D eigenvalue weighted by Crippen LogP contribution is -2.40. The average Bonchev–Trinajstić information content (AvgIpc) is 3.00. The first-order chi connectivity index (χ1) is 14.1. The first kappa shape index (κ1) is 21.3. The molecule has 0 saturated heterocycles. The van der Waals surface area contributed by atoms with Crippen molar-refractivity contribution < 1.29 is 14.4 Å². The summed E-state index contributed by atoms with van der Waals surface area (Å²) in [7, 11) is 1.38. The molecule has 158 valence electrons. The van der Waals surface area contributed by atoms with Crippen molar-refractivity contribution in [3.05, 3.63) is 53.0 Å². The van der Waals surface area contributed by atoms with Gasteiger partial charge in [0, 0.05) is 23.0 Å². The van der Waals surface area contributed by atoms with E-state index in [0.717, 1.165) is 11.1 Å². The van der Waals surface area contributed by atoms with Crippen molar-refractivity contribution in [1.29, 1.82) is 0 Å². The standard InChI is InChI=1S/C21H26N6O3/c1-12-7-8-14(19(28)26-30-6)9-16(12)24-18-17-13(2)15(10-27(17)23-11-22-18)20(29)25-21(3,4)5/h7-11H,1-6H3,(H,25,29)(H,26,28)(H,22,23,24). The van der Waals surface area contributed by atoms with Gasteiger partial charge < -0.3 is 10.6 Å². The second kappa shape index (κ2) is 8.11. The van der Waals surface area contributed by atoms with Gasteiger partial charge in [-0.05, 0) is 57.9 Å². The van der Waals surface area contributed by atoms with Crippen molar-refractivity contribution in [2.24, 2.45) is 0 Å². The summed E-state index contributed by atoms with van der Waals surface area (Å²) >= 11 is 0. The molecule has 0 fully saturated rings. The lowest BCUT2D eigenvalue weighted by molar-refractivity contribution is 0.0537. The molecule has 0 atom stereocenters. The molecule has 2 amide bonds. The molecule has 2 heterocycles. The van der Waals surface area contributed by atoms with Gasteiger partial charge in [0.25, 0.3) is 11.8 Å². The smallest absolute Gasteiger partial charge is 0.274 e. The predicted molar refractivity (Wildman–Crippen MR) is 114 cm³/mol. The highest BCUT2D eigenvalue weighted by atomic mass is 16.6. The maximum atomic E-state index is 12.7. The van der Waals surface area contributed by atoms with Gasteiger partial charge >= 0.3 is 0 Å². The third-order valence-electron chi connectivity index (χ3n) is 4.51. The highest BCUT2D eigenvalue weighted by molar-refractivity contribution is 5.99. The van der Waals surface area contributed by atoms with Crippen molar-refractivity contribution in [3.8, 4) is 0 Å². The maximum Gasteiger partial charge on any atom is 0.274 e. The van der Waals surface area contributed by atoms with Gasteiger partial charge in [-0.1, -0.05) is 6.07 Å². The zero-order chi connectivity index (χ0) is 22.1. The van der Waals surface area contributed by atoms with Crippen LogP contribution < -0.4 is 16.1 Å². The molecule has 0 unspecified atom stereocenters. The van der Waals surface area contributed by atoms with Crippen LogP contribution in [0.3, 0.4) is 0 Å². The third-order valence-corrected chi connectivity index (χ3v) is 4.51. The monoisotopic (exact) mass is 410 g/mol. The van der Waals surface area contributed by atoms with Crippen LogP contribution in [0.5, 0.6) is 0 Å². The lowest BCUT2D eigenvalue weighted by atomic mass is 10.1. The molecule has 0 saturated carbocycles. The Balaban J connectivity index is 2.01. The Bertz CT molecular complexity index is 1110. The molecule has 30 heavy (non-hydrogen) atoms. The number of rotatable bonds is 5. The SMILES string of the molecule is CONC(=O)c1ccc(C)c(Nc2ncnn3cc(C(=O)NC(C)(C)C)c(C)c23)c1. The summed E-state index contributed by atoms with van der Waals surface area (Å²) in [6.45, 7) is 9.57. The van der Waals surface area contributed by atoms with Crippen LogP contribution in [0.1, 0.15) is 52.6 Å². The lowest BCUT2D eigenvalue weighted by Gasteiger charge is -2.20. The zero-order valence-electron chi connectivity index (χ0n) is 18.0. The van der Waals surface area contributed by atoms with Gasteiger partial charge in [0.1, 0.15) is 11.8 Å². The molecule has 3 aromatic rings. The number of benzene rings is 1. The number of anilines is 2. The number of aromatic nitrogens is 3. The van der Waals surface area contributed by atoms with Crippen LogP contribution in [0.2, 0.25) is 0 Å². The molecular weight excluding hydrogens is 384 g/mol. The Morgan fingerprint density at radius 1 is 1.13 bits per heavy atom. The summed E-state index contributed by atoms with van der Waals surface area (Å²) in [5, 5.41) is 10.5. The van der Waals surface area contributed by atoms with Crippen molar-refractivity contribution >= 4 is 28.8 Å². The molecule has 0 radical (unpaired) electrons. The Labute approximate surface area is 174 Å². The zero-order valence-corrected chi connectivity index (χ0v) is 18.0. The number of hydrogen-bond donors (Lipinski definition) is 3. The molecule has 0 aliphatic heterocycles. The van der Waals surface area contributed by atoms with Gasteiger partial charge in [-0.15, -0.1) is 0 Å². The van der Waals surface area contributed by atoms with Crippen molar-refractivity contribution in [2.45, 2.75) is 40.2 Å². The number of nitrogens with one attached hydrogen (secondary N) is 3. The maximum absolute atomic E-state index is 12.7. The Kier molecular flexibility index (Phi) is 5.75. The largest absolute Gasteiger partial charge is 0.347 e. The van der Waals surface area contributed by atoms with E-state index in [1.54, 1.807) is 22.8 Å². The molecule has 9 heteroatoms. The second-order valence-corrected chi connectivity index (χ2v) is 8.06. The molecule has 9 nitrogen and oxygen atoms in total. The Hall–Kier alpha value is -3.46. The van der Waals surface area contributed by atoms with E-state index < -0.39 is 0 Å². The molecule has 2 aromatic heterocycles. The fraction of sp³-hybridized carbons (Fsp3) is 0.333. The van der Waals surface area contributed by atoms with E-state index >= 15 is 0 Å². The van der Waals surface area contributed by atoms with Gasteiger partial charge in [0.15, 0.2) is 5.82 Å². The van der Waals surface area contributed by atoms with Gasteiger partial charge in [-0.2, -0.15) is 5.10 Å². The van der Waals surface area contributed by atoms with Crippen molar-refractivity contribution in [2.75, 3.05) is 12.4 Å². The summed E-state index contributed by atoms with van der Waals surface area (Å²) in [5.74, 6) is 0.00367. The number of fused-ring (bicyclic) bond motifs is 1. The highest BCUT2D eigenvalue weighted by Gasteiger charge is 2.22. The molecular formula is C21H26N6O3. The fourth-order valence-corrected chi connectivity index (χ4v) is 3.07. The van der Waals surface area contributed by atoms with E-state index in [2.05, 4.69) is 26.2 Å². The van der Waals surface area contributed by atoms with Gasteiger partial charge in [0.05, 0.1) is 12.7 Å². The first-order valence-electron chi connectivity index (χ1n) is 9.47. The van der Waals surface area contributed by atoms with Crippen LogP contribution in [-0.4, -0.2) is 39.1 Å². The minimum atomic E-state index is -0.356. The van der Waals surface area contributed by atoms with Crippen LogP contribution in [0.25, 0.3) is 5.52 Å². The van der Waals surface area contributed by atoms with E-state index in [0.29, 0.717) is 28.1 Å². The van der Waals surface area contributed by atoms with Crippen molar-refractivity contribution in [1.82, 2.24) is 25.4 Å². The van der Waals surface area contributed by atoms with Crippen LogP contribution in [0.4, 0.5) is 11.5 Å². The van der Waals surface area contributed by atoms with E-state index in [1.165, 1.54) is 13.4 Å². The van der Waals surface area contributed by atoms with Crippen LogP contribution in [-0.2, 0) is 4.84 Å². The molecule has 0 aliphatic rings. The highest BCUT2D eigenvalue weighted by Crippen LogP contribution is 2.27. The molecule has 3 rings (SSSR count). The second-order valence-electron chi connectivity index (χ2n) is 8.06. The van der Waals surface area contributed by atoms with Crippen LogP contribution in [0.15, 0.2) is 30.7 Å². The Morgan fingerprint density at radius 3 is 2.53 bits per heavy atom. The van der Waals surface area contributed by atoms with Crippen LogP contribution >= 0.6 is 0 Å². The predicted octanol–water partition coefficient (Wildman–Crippen LogP) is 2.91. The van der Waals surface area contributed by atoms with Gasteiger partial charge in [-0.25, -0.2) is 15.0 Å². The van der Waals surface area contributed by atoms with Gasteiger partial charge in [-0.3, -0.25) is 14.4 Å². The minimum absolute atomic E-state index is 0.175. The topological polar surface area (TPSA) is 110 Å². The molecule has 0 spiro atoms. The summed E-state index contributed by atoms with van der Waals surface area (Å²) in [6, 6.07) is 5.26. The van der Waals surface area contributed by atoms with E-state index in [9.17, 15) is 9.59 Å². The number of nitrogens with zero attached hydrogens (tertiary/aromatic N) is 3. The molecule has 0 bridgehead atoms. The number of carbonyl (C=O) groups excluding carboxylic acids is 2. The number of hydroxylamine groups is 1. The normalized spacial score (nSPS) is 11.4. The summed E-state index contributed by atoms with van der Waals surface area (Å²) in [5.41, 5.74) is 5.99. The molecule has 0 aliphatic carbocycles. The summed E-state index contributed by atoms with van der Waals surface area (Å²) in [6.07, 6.45) is 3.10. The summed E-state index contributed by atoms with van der Waals surface area (Å²) in [4.78, 5) is 33.8. The number of hydrogen-bond acceptors (Lipinski definition) is 6. The van der Waals surface area contributed by atoms with E-state index in [-0.39, 0.29) is 17.4 Å². The van der Waals surface area contributed by atoms with Gasteiger partial charge in [0.2, 0.25) is 0 Å². The molecule has 1 aromatic carbocycles. The third kappa shape index (κ3) is 4.41. The Morgan fingerprint density at radius 2 is 1.87 bits per heavy atom. The average molecular weight is 410 g/mol.